The van der Waals surface area contributed by atoms with Gasteiger partial charge >= 0.3 is 5.97 Å². The van der Waals surface area contributed by atoms with Crippen LogP contribution in [0.25, 0.3) is 0 Å². The predicted octanol–water partition coefficient (Wildman–Crippen LogP) is -5.75. The van der Waals surface area contributed by atoms with E-state index in [9.17, 15) is 97.0 Å². The summed E-state index contributed by atoms with van der Waals surface area (Å²) in [6, 6.07) is 0. The number of aliphatic hydroxyl groups is 19. The third kappa shape index (κ3) is 12.7. The maximum absolute atomic E-state index is 15.7. The highest BCUT2D eigenvalue weighted by molar-refractivity contribution is 5.80. The van der Waals surface area contributed by atoms with Crippen LogP contribution in [0.5, 0.6) is 0 Å². The number of carbonyl (C=O) groups is 1. The van der Waals surface area contributed by atoms with Crippen LogP contribution in [0.3, 0.4) is 0 Å². The molecule has 0 amide bonds. The molecular weight excluding hydrogens is 1290 g/mol. The highest BCUT2D eigenvalue weighted by Crippen LogP contribution is 2.76. The minimum absolute atomic E-state index is 0.0687. The maximum Gasteiger partial charge on any atom is 0.317 e. The van der Waals surface area contributed by atoms with Crippen LogP contribution in [0.15, 0.2) is 11.6 Å². The summed E-state index contributed by atoms with van der Waals surface area (Å²) in [7, 11) is 0. The van der Waals surface area contributed by atoms with E-state index >= 15 is 4.79 Å². The number of esters is 1. The van der Waals surface area contributed by atoms with Crippen molar-refractivity contribution in [2.24, 2.45) is 50.2 Å². The van der Waals surface area contributed by atoms with Crippen molar-refractivity contribution in [2.75, 3.05) is 26.4 Å². The lowest BCUT2D eigenvalue weighted by molar-refractivity contribution is -0.380. The molecule has 32 nitrogen and oxygen atoms in total. The lowest BCUT2D eigenvalue weighted by Gasteiger charge is -2.72. The zero-order valence-corrected chi connectivity index (χ0v) is 56.1. The maximum atomic E-state index is 15.7. The van der Waals surface area contributed by atoms with Gasteiger partial charge in [0.15, 0.2) is 37.6 Å². The Morgan fingerprint density at radius 2 is 1.00 bits per heavy atom. The number of hydrogen-bond acceptors (Lipinski definition) is 32. The molecule has 11 aliphatic rings. The fraction of sp³-hybridized carbons (Fsp3) is 0.954. The molecule has 5 aliphatic carbocycles. The van der Waals surface area contributed by atoms with Gasteiger partial charge in [-0.2, -0.15) is 0 Å². The molecule has 0 radical (unpaired) electrons. The Labute approximate surface area is 561 Å². The van der Waals surface area contributed by atoms with E-state index in [2.05, 4.69) is 40.7 Å². The minimum Gasteiger partial charge on any atom is -0.432 e. The molecule has 6 aliphatic heterocycles. The van der Waals surface area contributed by atoms with Crippen molar-refractivity contribution in [3.05, 3.63) is 11.6 Å². The normalized spacial score (nSPS) is 56.2. The summed E-state index contributed by atoms with van der Waals surface area (Å²) in [6.45, 7) is 13.9. The molecule has 6 saturated heterocycles. The van der Waals surface area contributed by atoms with Crippen molar-refractivity contribution < 1.29 is 159 Å². The summed E-state index contributed by atoms with van der Waals surface area (Å²) in [4.78, 5) is 15.7. The van der Waals surface area contributed by atoms with Crippen LogP contribution in [-0.4, -0.2) is 326 Å². The van der Waals surface area contributed by atoms with E-state index in [1.807, 2.05) is 0 Å². The van der Waals surface area contributed by atoms with Gasteiger partial charge < -0.3 is 154 Å². The van der Waals surface area contributed by atoms with Gasteiger partial charge in [0.2, 0.25) is 6.29 Å². The number of aliphatic hydroxyl groups excluding tert-OH is 19. The van der Waals surface area contributed by atoms with E-state index in [4.69, 9.17) is 56.8 Å². The fourth-order valence-electron chi connectivity index (χ4n) is 19.3. The molecule has 0 aromatic carbocycles. The molecule has 7 unspecified atom stereocenters. The Morgan fingerprint density at radius 1 is 0.485 bits per heavy atom. The first kappa shape index (κ1) is 76.1. The summed E-state index contributed by atoms with van der Waals surface area (Å²) in [5.74, 6) is -2.13. The zero-order chi connectivity index (χ0) is 71.0. The molecule has 6 heterocycles. The molecular formula is C65H106O32. The van der Waals surface area contributed by atoms with Crippen LogP contribution in [0.2, 0.25) is 0 Å². The van der Waals surface area contributed by atoms with Crippen molar-refractivity contribution in [1.29, 1.82) is 0 Å². The van der Waals surface area contributed by atoms with E-state index in [0.717, 1.165) is 5.57 Å². The van der Waals surface area contributed by atoms with Crippen LogP contribution in [0, 0.1) is 50.2 Å². The van der Waals surface area contributed by atoms with Crippen LogP contribution < -0.4 is 0 Å². The highest BCUT2D eigenvalue weighted by Gasteiger charge is 2.74. The number of allylic oxidation sites excluding steroid dienone is 2. The first-order valence-corrected chi connectivity index (χ1v) is 34.2. The highest BCUT2D eigenvalue weighted by atomic mass is 16.8. The molecule has 0 bridgehead atoms. The van der Waals surface area contributed by atoms with Crippen molar-refractivity contribution in [2.45, 2.75) is 310 Å². The lowest BCUT2D eigenvalue weighted by Crippen LogP contribution is -2.71. The Kier molecular flexibility index (Phi) is 22.1. The Hall–Kier alpha value is -1.99. The van der Waals surface area contributed by atoms with Gasteiger partial charge in [-0.05, 0) is 112 Å². The summed E-state index contributed by atoms with van der Waals surface area (Å²) >= 11 is 0. The number of hydrogen-bond donors (Lipinski definition) is 19. The Bertz CT molecular complexity index is 2750. The van der Waals surface area contributed by atoms with Gasteiger partial charge in [-0.25, -0.2) is 0 Å². The molecule has 32 heteroatoms. The van der Waals surface area contributed by atoms with Gasteiger partial charge in [0.05, 0.1) is 63.1 Å². The standard InChI is InChI=1S/C65H106O32/c1-23-35(72)39(76)43(80)54(87-23)93-49-29(70)21-86-53(46(49)83)92-48-25(3)89-55(45(82)42(48)79)95-51-41(78)36(73)24(2)88-58(51)97-59(85)65-15-14-60(4,5)16-27(65)26-10-11-33-61(6)17-28(69)52(62(7,22-68)32(61)12-13-63(33,8)64(26,9)18-34(65)71)96-57-47(84)50(38(75)31(20-67)91-57)94-56-44(81)40(77)37(74)30(19-66)90-56/h10,23-25,27-58,66-84H,11-22H2,1-9H3/t23-,24+,25-,27?,28?,29+,30-,31+,32+,33?,34+,35-,36-,37-,38+,39+,40+,41-,42-,43+,44+,45+,46+,47+,48-,49-,50-,51+,52?,53-,54+,55-,56-,57-,58-,61?,62-,63?,64+,65?/m0/s1. The summed E-state index contributed by atoms with van der Waals surface area (Å²) in [6.07, 6.45) is -47.5. The Balaban J connectivity index is 0.802. The second-order valence-corrected chi connectivity index (χ2v) is 31.5. The lowest BCUT2D eigenvalue weighted by atomic mass is 9.33. The molecule has 0 aromatic heterocycles. The van der Waals surface area contributed by atoms with E-state index in [1.165, 1.54) is 20.8 Å². The third-order valence-corrected chi connectivity index (χ3v) is 25.3. The molecule has 19 N–H and O–H groups in total. The van der Waals surface area contributed by atoms with Gasteiger partial charge in [-0.1, -0.05) is 53.2 Å². The van der Waals surface area contributed by atoms with Gasteiger partial charge in [0.1, 0.15) is 121 Å². The fourth-order valence-corrected chi connectivity index (χ4v) is 19.3. The Morgan fingerprint density at radius 3 is 1.63 bits per heavy atom. The van der Waals surface area contributed by atoms with Crippen molar-refractivity contribution in [1.82, 2.24) is 0 Å². The van der Waals surface area contributed by atoms with Crippen LogP contribution >= 0.6 is 0 Å². The summed E-state index contributed by atoms with van der Waals surface area (Å²) in [5.41, 5.74) is -4.54. The van der Waals surface area contributed by atoms with Gasteiger partial charge in [0.25, 0.3) is 0 Å². The first-order valence-electron chi connectivity index (χ1n) is 34.2. The average Bonchev–Trinajstić information content (AvgIpc) is 0.670. The number of fused-ring (bicyclic) bond motifs is 7. The first-order chi connectivity index (χ1) is 45.4. The molecule has 4 saturated carbocycles. The average molecular weight is 1400 g/mol. The summed E-state index contributed by atoms with van der Waals surface area (Å²) < 4.78 is 71.2. The largest absolute Gasteiger partial charge is 0.432 e. The summed E-state index contributed by atoms with van der Waals surface area (Å²) in [5, 5.41) is 212. The van der Waals surface area contributed by atoms with Crippen molar-refractivity contribution in [3.8, 4) is 0 Å². The second kappa shape index (κ2) is 28.1. The van der Waals surface area contributed by atoms with Crippen molar-refractivity contribution in [3.63, 3.8) is 0 Å². The second-order valence-electron chi connectivity index (χ2n) is 31.5. The van der Waals surface area contributed by atoms with Gasteiger partial charge in [0, 0.05) is 5.41 Å². The van der Waals surface area contributed by atoms with Crippen LogP contribution in [-0.2, 0) is 61.6 Å². The minimum atomic E-state index is -2.01. The molecule has 0 aromatic rings. The van der Waals surface area contributed by atoms with Crippen molar-refractivity contribution >= 4 is 5.97 Å². The smallest absolute Gasteiger partial charge is 0.317 e. The molecule has 558 valence electrons. The van der Waals surface area contributed by atoms with E-state index < -0.39 is 262 Å². The predicted molar refractivity (Wildman–Crippen MR) is 322 cm³/mol. The van der Waals surface area contributed by atoms with E-state index in [-0.39, 0.29) is 36.5 Å². The number of rotatable bonds is 15. The van der Waals surface area contributed by atoms with Gasteiger partial charge in [-0.3, -0.25) is 4.79 Å². The molecule has 11 rings (SSSR count). The van der Waals surface area contributed by atoms with Crippen LogP contribution in [0.1, 0.15) is 114 Å². The van der Waals surface area contributed by atoms with E-state index in [1.54, 1.807) is 6.92 Å². The number of ether oxygens (including phenoxy) is 12. The van der Waals surface area contributed by atoms with Crippen LogP contribution in [0.4, 0.5) is 0 Å². The number of carbonyl (C=O) groups excluding carboxylic acids is 1. The molecule has 97 heavy (non-hydrogen) atoms. The molecule has 40 atom stereocenters. The molecule has 10 fully saturated rings. The van der Waals surface area contributed by atoms with E-state index in [0.29, 0.717) is 32.1 Å². The topological polar surface area (TPSA) is 512 Å². The SMILES string of the molecule is C[C@@H]1O[C@H](O[C@@H]2[C@@H](O)[C@H](O[C@@H]3[C@@H](O)[C@@H](O)[C@H](O[C@H]4[C@H](OC(=O)C56CCC(C)(C)CC5C5=CCC7C8(C)CC(O)C(O[C@@H]9O[C@H](CO)[C@@H](O)[C@H](O[C@@H]%10O[C@@H](CO)[C@H](O)[C@@H](O)[C@H]%10O)[C@H]9O)[C@@](C)(CO)[C@@H]8CCC7(C)[C@]5(C)C[C@H]6O)O[C@H](C)[C@H](O)[C@@H]4O)O[C@H]3C)OC[C@H]2O)[C@H](O)[C@H](O)[C@H]1O. The zero-order valence-electron chi connectivity index (χ0n) is 56.1. The quantitative estimate of drug-likeness (QED) is 0.0413. The monoisotopic (exact) mass is 1400 g/mol. The van der Waals surface area contributed by atoms with Gasteiger partial charge in [-0.15, -0.1) is 0 Å². The third-order valence-electron chi connectivity index (χ3n) is 25.3. The molecule has 0 spiro atoms.